The van der Waals surface area contributed by atoms with Crippen LogP contribution in [0.3, 0.4) is 0 Å². The van der Waals surface area contributed by atoms with Gasteiger partial charge in [0, 0.05) is 0 Å². The van der Waals surface area contributed by atoms with Crippen LogP contribution < -0.4 is 68.9 Å². The predicted octanol–water partition coefficient (Wildman–Crippen LogP) is -5.45. The molecule has 76 valence electrons. The van der Waals surface area contributed by atoms with Gasteiger partial charge >= 0.3 is 59.1 Å². The third kappa shape index (κ3) is 10.2. The average Bonchev–Trinajstić information content (AvgIpc) is 2.13. The summed E-state index contributed by atoms with van der Waals surface area (Å²) in [6, 6.07) is 9.28. The largest absolute Gasteiger partial charge is 1.00 e. The fraction of sp³-hybridized carbons (Fsp3) is 0.111. The van der Waals surface area contributed by atoms with E-state index in [9.17, 15) is 14.4 Å². The van der Waals surface area contributed by atoms with Crippen LogP contribution >= 0.6 is 7.82 Å². The molecule has 0 bridgehead atoms. The van der Waals surface area contributed by atoms with E-state index in [0.29, 0.717) is 0 Å². The molecule has 0 amide bonds. The van der Waals surface area contributed by atoms with Crippen molar-refractivity contribution in [2.45, 2.75) is 0 Å². The number of phosphoric ester groups is 1. The van der Waals surface area contributed by atoms with Crippen LogP contribution in [0.2, 0.25) is 0 Å². The fourth-order valence-corrected chi connectivity index (χ4v) is 1.15. The summed E-state index contributed by atoms with van der Waals surface area (Å²) in [5, 5.41) is 0. The standard InChI is InChI=1S/C9H11O4P.2Na/c10-14(11,12)13-8-4-7-9-5-2-1-3-6-9;;/h1-7H,8H2,(H2,10,11,12);;/q;2*+1/p-2. The molecule has 0 fully saturated rings. The molecule has 0 saturated carbocycles. The second kappa shape index (κ2) is 10.0. The Hall–Kier alpha value is 1.07. The van der Waals surface area contributed by atoms with Crippen LogP contribution in [0, 0.1) is 0 Å². The van der Waals surface area contributed by atoms with Crippen molar-refractivity contribution >= 4 is 13.9 Å². The number of benzene rings is 1. The number of hydrogen-bond acceptors (Lipinski definition) is 4. The van der Waals surface area contributed by atoms with Crippen molar-refractivity contribution < 1.29 is 78.0 Å². The van der Waals surface area contributed by atoms with Crippen LogP contribution in [0.1, 0.15) is 5.56 Å². The molecule has 1 aromatic carbocycles. The molecule has 4 nitrogen and oxygen atoms in total. The Kier molecular flexibility index (Phi) is 12.2. The van der Waals surface area contributed by atoms with E-state index in [2.05, 4.69) is 4.52 Å². The summed E-state index contributed by atoms with van der Waals surface area (Å²) in [5.41, 5.74) is 0.919. The number of rotatable bonds is 4. The van der Waals surface area contributed by atoms with E-state index in [1.807, 2.05) is 30.3 Å². The summed E-state index contributed by atoms with van der Waals surface area (Å²) >= 11 is 0. The molecule has 0 aromatic heterocycles. The minimum atomic E-state index is -4.84. The third-order valence-corrected chi connectivity index (χ3v) is 1.90. The van der Waals surface area contributed by atoms with Gasteiger partial charge in [-0.1, -0.05) is 42.5 Å². The van der Waals surface area contributed by atoms with Crippen LogP contribution in [0.4, 0.5) is 0 Å². The summed E-state index contributed by atoms with van der Waals surface area (Å²) in [6.45, 7) is -0.223. The summed E-state index contributed by atoms with van der Waals surface area (Å²) in [6.07, 6.45) is 3.15. The Labute approximate surface area is 139 Å². The van der Waals surface area contributed by atoms with Gasteiger partial charge < -0.3 is 18.9 Å². The smallest absolute Gasteiger partial charge is 0.790 e. The molecule has 1 rings (SSSR count). The Bertz CT molecular complexity index is 350. The first-order chi connectivity index (χ1) is 6.58. The molecule has 1 aromatic rings. The van der Waals surface area contributed by atoms with E-state index in [-0.39, 0.29) is 65.7 Å². The van der Waals surface area contributed by atoms with Crippen LogP contribution in [0.5, 0.6) is 0 Å². The predicted molar refractivity (Wildman–Crippen MR) is 49.0 cm³/mol. The third-order valence-electron chi connectivity index (χ3n) is 1.44. The van der Waals surface area contributed by atoms with Crippen molar-refractivity contribution in [3.05, 3.63) is 42.0 Å². The van der Waals surface area contributed by atoms with Gasteiger partial charge in [-0.3, -0.25) is 0 Å². The van der Waals surface area contributed by atoms with Gasteiger partial charge in [-0.2, -0.15) is 0 Å². The SMILES string of the molecule is O=P([O-])([O-])OCC=Cc1ccccc1.[Na+].[Na+]. The maximum atomic E-state index is 10.1. The first-order valence-corrected chi connectivity index (χ1v) is 5.42. The first kappa shape index (κ1) is 19.4. The van der Waals surface area contributed by atoms with Gasteiger partial charge in [-0.25, -0.2) is 0 Å². The van der Waals surface area contributed by atoms with Crippen LogP contribution in [-0.4, -0.2) is 6.61 Å². The van der Waals surface area contributed by atoms with Crippen molar-refractivity contribution in [3.63, 3.8) is 0 Å². The molecule has 0 aliphatic heterocycles. The molecule has 0 spiro atoms. The minimum Gasteiger partial charge on any atom is -0.790 e. The zero-order valence-corrected chi connectivity index (χ0v) is 14.2. The molecular formula is C9H9Na2O4P. The molecule has 0 aliphatic carbocycles. The Morgan fingerprint density at radius 1 is 1.19 bits per heavy atom. The van der Waals surface area contributed by atoms with Gasteiger partial charge in [0.15, 0.2) is 0 Å². The topological polar surface area (TPSA) is 72.4 Å². The summed E-state index contributed by atoms with van der Waals surface area (Å²) in [7, 11) is -4.84. The molecule has 0 saturated heterocycles. The Balaban J connectivity index is 0. The average molecular weight is 258 g/mol. The first-order valence-electron chi connectivity index (χ1n) is 3.96. The van der Waals surface area contributed by atoms with Gasteiger partial charge in [0.1, 0.15) is 0 Å². The van der Waals surface area contributed by atoms with Crippen molar-refractivity contribution in [1.29, 1.82) is 0 Å². The van der Waals surface area contributed by atoms with Gasteiger partial charge in [0.2, 0.25) is 0 Å². The van der Waals surface area contributed by atoms with Crippen LogP contribution in [0.15, 0.2) is 36.4 Å². The van der Waals surface area contributed by atoms with Crippen molar-refractivity contribution in [1.82, 2.24) is 0 Å². The van der Waals surface area contributed by atoms with E-state index in [1.165, 1.54) is 6.08 Å². The second-order valence-electron chi connectivity index (χ2n) is 2.56. The van der Waals surface area contributed by atoms with Crippen LogP contribution in [0.25, 0.3) is 6.08 Å². The van der Waals surface area contributed by atoms with Crippen LogP contribution in [-0.2, 0) is 9.09 Å². The van der Waals surface area contributed by atoms with E-state index in [0.717, 1.165) is 5.56 Å². The van der Waals surface area contributed by atoms with Crippen molar-refractivity contribution in [2.24, 2.45) is 0 Å². The van der Waals surface area contributed by atoms with Gasteiger partial charge in [-0.05, 0) is 5.56 Å². The van der Waals surface area contributed by atoms with Gasteiger partial charge in [-0.15, -0.1) is 0 Å². The van der Waals surface area contributed by atoms with Crippen molar-refractivity contribution in [3.8, 4) is 0 Å². The summed E-state index contributed by atoms with van der Waals surface area (Å²) < 4.78 is 14.1. The maximum Gasteiger partial charge on any atom is 1.00 e. The zero-order valence-electron chi connectivity index (χ0n) is 9.33. The molecule has 7 heteroatoms. The van der Waals surface area contributed by atoms with E-state index in [4.69, 9.17) is 0 Å². The fourth-order valence-electron chi connectivity index (χ4n) is 0.883. The molecule has 0 heterocycles. The number of hydrogen-bond donors (Lipinski definition) is 0. The summed E-state index contributed by atoms with van der Waals surface area (Å²) in [4.78, 5) is 20.1. The molecule has 0 aliphatic rings. The molecule has 0 atom stereocenters. The number of phosphoric acid groups is 1. The van der Waals surface area contributed by atoms with E-state index >= 15 is 0 Å². The van der Waals surface area contributed by atoms with Crippen molar-refractivity contribution in [2.75, 3.05) is 6.61 Å². The monoisotopic (exact) mass is 258 g/mol. The summed E-state index contributed by atoms with van der Waals surface area (Å²) in [5.74, 6) is 0. The van der Waals surface area contributed by atoms with Gasteiger partial charge in [0.05, 0.1) is 14.4 Å². The van der Waals surface area contributed by atoms with E-state index in [1.54, 1.807) is 6.08 Å². The van der Waals surface area contributed by atoms with Gasteiger partial charge in [0.25, 0.3) is 0 Å². The Morgan fingerprint density at radius 3 is 2.25 bits per heavy atom. The normalized spacial score (nSPS) is 10.6. The molecule has 16 heavy (non-hydrogen) atoms. The van der Waals surface area contributed by atoms with E-state index < -0.39 is 7.82 Å². The quantitative estimate of drug-likeness (QED) is 0.399. The molecule has 0 radical (unpaired) electrons. The second-order valence-corrected chi connectivity index (χ2v) is 3.71. The molecular weight excluding hydrogens is 249 g/mol. The Morgan fingerprint density at radius 2 is 1.75 bits per heavy atom. The molecule has 0 N–H and O–H groups in total. The maximum absolute atomic E-state index is 10.1. The molecule has 0 unspecified atom stereocenters. The minimum absolute atomic E-state index is 0. The zero-order chi connectivity index (χ0) is 10.4.